The first-order valence-electron chi connectivity index (χ1n) is 6.53. The lowest BCUT2D eigenvalue weighted by Gasteiger charge is -2.21. The minimum absolute atomic E-state index is 0.234. The van der Waals surface area contributed by atoms with E-state index in [1.807, 2.05) is 24.3 Å². The van der Waals surface area contributed by atoms with Crippen molar-refractivity contribution in [2.75, 3.05) is 20.3 Å². The van der Waals surface area contributed by atoms with Crippen molar-refractivity contribution in [2.45, 2.75) is 11.4 Å². The van der Waals surface area contributed by atoms with Gasteiger partial charge in [-0.3, -0.25) is 4.79 Å². The fourth-order valence-corrected chi connectivity index (χ4v) is 1.88. The van der Waals surface area contributed by atoms with E-state index in [-0.39, 0.29) is 6.54 Å². The molecule has 0 unspecified atom stereocenters. The molecule has 0 aliphatic heterocycles. The van der Waals surface area contributed by atoms with E-state index in [1.54, 1.807) is 13.2 Å². The van der Waals surface area contributed by atoms with Crippen LogP contribution >= 0.6 is 23.2 Å². The van der Waals surface area contributed by atoms with E-state index in [0.29, 0.717) is 13.2 Å². The standard InChI is InChI=1S/C15H18Cl2N2O3/c1-3-10-22-18-8-9-19(15(20)14(16)17)11-12-4-6-13(21-2)7-5-12/h3-8,14H,1,9-11H2,2H3. The van der Waals surface area contributed by atoms with Crippen LogP contribution in [0.2, 0.25) is 0 Å². The molecule has 0 aliphatic carbocycles. The lowest BCUT2D eigenvalue weighted by molar-refractivity contribution is -0.129. The summed E-state index contributed by atoms with van der Waals surface area (Å²) in [5.74, 6) is 0.350. The average Bonchev–Trinajstić information content (AvgIpc) is 2.53. The van der Waals surface area contributed by atoms with Gasteiger partial charge in [-0.1, -0.05) is 53.1 Å². The van der Waals surface area contributed by atoms with Crippen LogP contribution in [0.5, 0.6) is 5.75 Å². The van der Waals surface area contributed by atoms with Gasteiger partial charge in [0.05, 0.1) is 19.9 Å². The van der Waals surface area contributed by atoms with E-state index in [9.17, 15) is 4.79 Å². The molecule has 0 saturated heterocycles. The number of ether oxygens (including phenoxy) is 1. The topological polar surface area (TPSA) is 51.1 Å². The van der Waals surface area contributed by atoms with Gasteiger partial charge in [0.25, 0.3) is 5.91 Å². The summed E-state index contributed by atoms with van der Waals surface area (Å²) in [5, 5.41) is 3.72. The minimum Gasteiger partial charge on any atom is -0.497 e. The molecular weight excluding hydrogens is 327 g/mol. The molecule has 0 atom stereocenters. The van der Waals surface area contributed by atoms with Gasteiger partial charge >= 0.3 is 0 Å². The second-order valence-electron chi connectivity index (χ2n) is 4.24. The predicted octanol–water partition coefficient (Wildman–Crippen LogP) is 3.02. The molecule has 0 spiro atoms. The first-order chi connectivity index (χ1) is 10.6. The van der Waals surface area contributed by atoms with Gasteiger partial charge in [-0.05, 0) is 17.7 Å². The molecule has 120 valence electrons. The van der Waals surface area contributed by atoms with Crippen molar-refractivity contribution in [3.63, 3.8) is 0 Å². The van der Waals surface area contributed by atoms with Crippen molar-refractivity contribution in [3.05, 3.63) is 42.5 Å². The number of oxime groups is 1. The molecule has 5 nitrogen and oxygen atoms in total. The number of amides is 1. The normalized spacial score (nSPS) is 10.7. The highest BCUT2D eigenvalue weighted by molar-refractivity contribution is 6.53. The molecule has 0 N–H and O–H groups in total. The summed E-state index contributed by atoms with van der Waals surface area (Å²) in [6, 6.07) is 7.36. The zero-order valence-corrected chi connectivity index (χ0v) is 13.8. The number of carbonyl (C=O) groups is 1. The van der Waals surface area contributed by atoms with Crippen molar-refractivity contribution < 1.29 is 14.4 Å². The Morgan fingerprint density at radius 2 is 2.09 bits per heavy atom. The summed E-state index contributed by atoms with van der Waals surface area (Å²) < 4.78 is 5.09. The third-order valence-corrected chi connectivity index (χ3v) is 3.05. The molecular formula is C15H18Cl2N2O3. The zero-order chi connectivity index (χ0) is 16.4. The van der Waals surface area contributed by atoms with Crippen LogP contribution in [0.15, 0.2) is 42.1 Å². The van der Waals surface area contributed by atoms with E-state index < -0.39 is 10.7 Å². The molecule has 1 aromatic rings. The van der Waals surface area contributed by atoms with Crippen LogP contribution in [0.1, 0.15) is 5.56 Å². The summed E-state index contributed by atoms with van der Waals surface area (Å²) in [6.07, 6.45) is 3.05. The maximum absolute atomic E-state index is 12.0. The summed E-state index contributed by atoms with van der Waals surface area (Å²) in [6.45, 7) is 4.40. The van der Waals surface area contributed by atoms with Gasteiger partial charge in [0, 0.05) is 6.54 Å². The second kappa shape index (κ2) is 10.1. The molecule has 0 aliphatic rings. The Hall–Kier alpha value is -1.72. The molecule has 22 heavy (non-hydrogen) atoms. The average molecular weight is 345 g/mol. The predicted molar refractivity (Wildman–Crippen MR) is 88.5 cm³/mol. The number of nitrogens with zero attached hydrogens (tertiary/aromatic N) is 2. The maximum Gasteiger partial charge on any atom is 0.256 e. The minimum atomic E-state index is -1.12. The number of hydrogen-bond acceptors (Lipinski definition) is 4. The van der Waals surface area contributed by atoms with Gasteiger partial charge in [0.1, 0.15) is 12.4 Å². The second-order valence-corrected chi connectivity index (χ2v) is 5.34. The Morgan fingerprint density at radius 3 is 2.64 bits per heavy atom. The molecule has 0 aromatic heterocycles. The van der Waals surface area contributed by atoms with Gasteiger partial charge < -0.3 is 14.5 Å². The van der Waals surface area contributed by atoms with Gasteiger partial charge in [-0.2, -0.15) is 0 Å². The first kappa shape index (κ1) is 18.3. The Labute approximate surface area is 140 Å². The fraction of sp³-hybridized carbons (Fsp3) is 0.333. The van der Waals surface area contributed by atoms with E-state index >= 15 is 0 Å². The van der Waals surface area contributed by atoms with Crippen molar-refractivity contribution >= 4 is 35.3 Å². The summed E-state index contributed by atoms with van der Waals surface area (Å²) >= 11 is 11.3. The van der Waals surface area contributed by atoms with Crippen LogP contribution < -0.4 is 4.74 Å². The third-order valence-electron chi connectivity index (χ3n) is 2.67. The SMILES string of the molecule is C=CCON=CCN(Cc1ccc(OC)cc1)C(=O)C(Cl)Cl. The van der Waals surface area contributed by atoms with Gasteiger partial charge in [0.2, 0.25) is 0 Å². The Kier molecular flexibility index (Phi) is 8.40. The van der Waals surface area contributed by atoms with E-state index in [0.717, 1.165) is 11.3 Å². The molecule has 0 fully saturated rings. The highest BCUT2D eigenvalue weighted by Gasteiger charge is 2.19. The van der Waals surface area contributed by atoms with Crippen molar-refractivity contribution in [3.8, 4) is 5.75 Å². The number of halogens is 2. The number of benzene rings is 1. The van der Waals surface area contributed by atoms with Crippen LogP contribution in [0, 0.1) is 0 Å². The largest absolute Gasteiger partial charge is 0.497 e. The van der Waals surface area contributed by atoms with Gasteiger partial charge in [-0.25, -0.2) is 0 Å². The third kappa shape index (κ3) is 6.37. The van der Waals surface area contributed by atoms with E-state index in [1.165, 1.54) is 11.1 Å². The molecule has 0 saturated carbocycles. The molecule has 0 bridgehead atoms. The maximum atomic E-state index is 12.0. The first-order valence-corrected chi connectivity index (χ1v) is 7.40. The summed E-state index contributed by atoms with van der Waals surface area (Å²) in [4.78, 5) is 17.2. The van der Waals surface area contributed by atoms with Crippen LogP contribution in [0.3, 0.4) is 0 Å². The Bertz CT molecular complexity index is 504. The molecule has 1 amide bonds. The number of hydrogen-bond donors (Lipinski definition) is 0. The highest BCUT2D eigenvalue weighted by Crippen LogP contribution is 2.15. The number of alkyl halides is 2. The van der Waals surface area contributed by atoms with Crippen LogP contribution in [0.25, 0.3) is 0 Å². The van der Waals surface area contributed by atoms with Gasteiger partial charge in [0.15, 0.2) is 4.84 Å². The van der Waals surface area contributed by atoms with E-state index in [2.05, 4.69) is 11.7 Å². The van der Waals surface area contributed by atoms with Crippen LogP contribution in [-0.4, -0.2) is 42.1 Å². The van der Waals surface area contributed by atoms with Crippen LogP contribution in [0.4, 0.5) is 0 Å². The quantitative estimate of drug-likeness (QED) is 0.227. The number of rotatable bonds is 9. The molecule has 1 rings (SSSR count). The lowest BCUT2D eigenvalue weighted by atomic mass is 10.2. The van der Waals surface area contributed by atoms with Crippen molar-refractivity contribution in [2.24, 2.45) is 5.16 Å². The monoisotopic (exact) mass is 344 g/mol. The molecule has 7 heteroatoms. The number of methoxy groups -OCH3 is 1. The van der Waals surface area contributed by atoms with E-state index in [4.69, 9.17) is 32.8 Å². The fourth-order valence-electron chi connectivity index (χ4n) is 1.60. The van der Waals surface area contributed by atoms with Crippen molar-refractivity contribution in [1.29, 1.82) is 0 Å². The lowest BCUT2D eigenvalue weighted by Crippen LogP contribution is -2.35. The van der Waals surface area contributed by atoms with Crippen molar-refractivity contribution in [1.82, 2.24) is 4.90 Å². The molecule has 0 heterocycles. The smallest absolute Gasteiger partial charge is 0.256 e. The molecule has 0 radical (unpaired) electrons. The summed E-state index contributed by atoms with van der Waals surface area (Å²) in [5.41, 5.74) is 0.920. The molecule has 1 aromatic carbocycles. The summed E-state index contributed by atoms with van der Waals surface area (Å²) in [7, 11) is 1.59. The Balaban J connectivity index is 2.70. The highest BCUT2D eigenvalue weighted by atomic mass is 35.5. The van der Waals surface area contributed by atoms with Crippen LogP contribution in [-0.2, 0) is 16.2 Å². The number of carbonyl (C=O) groups excluding carboxylic acids is 1. The zero-order valence-electron chi connectivity index (χ0n) is 12.2. The Morgan fingerprint density at radius 1 is 1.41 bits per heavy atom. The van der Waals surface area contributed by atoms with Gasteiger partial charge in [-0.15, -0.1) is 0 Å².